The van der Waals surface area contributed by atoms with Crippen LogP contribution in [0.4, 0.5) is 0 Å². The van der Waals surface area contributed by atoms with Crippen molar-refractivity contribution in [3.63, 3.8) is 0 Å². The van der Waals surface area contributed by atoms with Crippen LogP contribution in [-0.4, -0.2) is 55.4 Å². The molecule has 31 heavy (non-hydrogen) atoms. The average molecular weight is 461 g/mol. The number of rotatable bonds is 5. The Labute approximate surface area is 187 Å². The number of guanidine groups is 1. The molecule has 7 nitrogen and oxygen atoms in total. The van der Waals surface area contributed by atoms with Crippen molar-refractivity contribution in [1.29, 1.82) is 0 Å². The molecule has 0 bridgehead atoms. The van der Waals surface area contributed by atoms with Gasteiger partial charge in [0, 0.05) is 24.7 Å². The normalized spacial score (nSPS) is 24.6. The Morgan fingerprint density at radius 1 is 1.19 bits per heavy atom. The first-order chi connectivity index (χ1) is 14.6. The van der Waals surface area contributed by atoms with E-state index in [9.17, 15) is 13.2 Å². The summed E-state index contributed by atoms with van der Waals surface area (Å²) < 4.78 is 25.0. The fourth-order valence-corrected chi connectivity index (χ4v) is 5.35. The lowest BCUT2D eigenvalue weighted by molar-refractivity contribution is -0.131. The van der Waals surface area contributed by atoms with Crippen molar-refractivity contribution in [1.82, 2.24) is 9.21 Å². The summed E-state index contributed by atoms with van der Waals surface area (Å²) in [5.74, 6) is -0.0166. The molecule has 2 aromatic carbocycles. The summed E-state index contributed by atoms with van der Waals surface area (Å²) in [6, 6.07) is 15.2. The summed E-state index contributed by atoms with van der Waals surface area (Å²) in [5.41, 5.74) is 7.64. The zero-order chi connectivity index (χ0) is 22.4. The second kappa shape index (κ2) is 7.93. The molecule has 1 saturated heterocycles. The predicted octanol–water partition coefficient (Wildman–Crippen LogP) is 2.66. The molecule has 2 atom stereocenters. The summed E-state index contributed by atoms with van der Waals surface area (Å²) in [6.45, 7) is 2.96. The van der Waals surface area contributed by atoms with Gasteiger partial charge in [0.05, 0.1) is 6.26 Å². The topological polar surface area (TPSA) is 96.1 Å². The lowest BCUT2D eigenvalue weighted by atomic mass is 9.89. The third-order valence-corrected chi connectivity index (χ3v) is 7.52. The first-order valence-corrected chi connectivity index (χ1v) is 12.3. The van der Waals surface area contributed by atoms with Crippen LogP contribution in [-0.2, 0) is 20.4 Å². The molecular weight excluding hydrogens is 436 g/mol. The van der Waals surface area contributed by atoms with Gasteiger partial charge in [-0.3, -0.25) is 9.69 Å². The van der Waals surface area contributed by atoms with Gasteiger partial charge in [0.2, 0.25) is 10.0 Å². The molecule has 0 aromatic heterocycles. The van der Waals surface area contributed by atoms with Gasteiger partial charge in [-0.15, -0.1) is 0 Å². The lowest BCUT2D eigenvalue weighted by Gasteiger charge is -2.25. The molecule has 2 N–H and O–H groups in total. The number of amides is 1. The first kappa shape index (κ1) is 21.8. The fraction of sp³-hybridized carbons (Fsp3) is 0.364. The maximum absolute atomic E-state index is 13.4. The number of aliphatic imine (C=N–C) groups is 1. The quantitative estimate of drug-likeness (QED) is 0.741. The molecule has 2 aromatic rings. The Hall–Kier alpha value is -2.42. The van der Waals surface area contributed by atoms with Crippen LogP contribution in [0.25, 0.3) is 11.1 Å². The third-order valence-electron chi connectivity index (χ3n) is 6.02. The molecular formula is C22H25ClN4O3S. The molecule has 0 radical (unpaired) electrons. The minimum Gasteiger partial charge on any atom is -0.369 e. The van der Waals surface area contributed by atoms with Crippen LogP contribution in [0.5, 0.6) is 0 Å². The second-order valence-corrected chi connectivity index (χ2v) is 10.7. The van der Waals surface area contributed by atoms with Crippen LogP contribution in [0, 0.1) is 5.92 Å². The molecule has 4 rings (SSSR count). The molecule has 2 aliphatic heterocycles. The van der Waals surface area contributed by atoms with Crippen LogP contribution in [0.15, 0.2) is 53.5 Å². The lowest BCUT2D eigenvalue weighted by Crippen LogP contribution is -2.44. The van der Waals surface area contributed by atoms with Gasteiger partial charge < -0.3 is 5.73 Å². The molecule has 1 amide bonds. The Balaban J connectivity index is 1.57. The highest BCUT2D eigenvalue weighted by Gasteiger charge is 2.46. The van der Waals surface area contributed by atoms with Crippen LogP contribution < -0.4 is 5.73 Å². The Kier molecular flexibility index (Phi) is 5.57. The summed E-state index contributed by atoms with van der Waals surface area (Å²) in [6.07, 6.45) is 1.89. The summed E-state index contributed by atoms with van der Waals surface area (Å²) in [5, 5.41) is 0.638. The van der Waals surface area contributed by atoms with Crippen molar-refractivity contribution in [3.8, 4) is 11.1 Å². The smallest absolute Gasteiger partial charge is 0.261 e. The van der Waals surface area contributed by atoms with Gasteiger partial charge >= 0.3 is 0 Å². The molecule has 2 aliphatic rings. The van der Waals surface area contributed by atoms with E-state index in [0.29, 0.717) is 31.1 Å². The van der Waals surface area contributed by atoms with Crippen LogP contribution in [0.3, 0.4) is 0 Å². The molecule has 1 unspecified atom stereocenters. The van der Waals surface area contributed by atoms with Crippen LogP contribution >= 0.6 is 11.6 Å². The van der Waals surface area contributed by atoms with E-state index in [2.05, 4.69) is 4.99 Å². The van der Waals surface area contributed by atoms with Gasteiger partial charge in [-0.05, 0) is 54.2 Å². The maximum Gasteiger partial charge on any atom is 0.261 e. The number of benzene rings is 2. The van der Waals surface area contributed by atoms with E-state index in [1.165, 1.54) is 15.5 Å². The Morgan fingerprint density at radius 2 is 1.87 bits per heavy atom. The fourth-order valence-electron chi connectivity index (χ4n) is 4.24. The first-order valence-electron chi connectivity index (χ1n) is 10.1. The van der Waals surface area contributed by atoms with Gasteiger partial charge in [-0.25, -0.2) is 17.7 Å². The van der Waals surface area contributed by atoms with Gasteiger partial charge in [-0.1, -0.05) is 41.9 Å². The van der Waals surface area contributed by atoms with E-state index < -0.39 is 15.6 Å². The van der Waals surface area contributed by atoms with Crippen molar-refractivity contribution in [2.45, 2.75) is 18.9 Å². The van der Waals surface area contributed by atoms with E-state index >= 15 is 0 Å². The van der Waals surface area contributed by atoms with Crippen molar-refractivity contribution in [2.24, 2.45) is 16.6 Å². The Bertz CT molecular complexity index is 1170. The molecule has 0 aliphatic carbocycles. The molecule has 0 spiro atoms. The SMILES string of the molecule is CC1(c2cccc(-c3cccc(Cl)c3)c2)N=C(N)N(C[C@@H]2CCN(S(C)(=O)=O)C2)C1=O. The Morgan fingerprint density at radius 3 is 2.52 bits per heavy atom. The zero-order valence-electron chi connectivity index (χ0n) is 17.5. The standard InChI is InChI=1S/C22H25ClN4O3S/c1-22(18-7-3-5-16(11-18)17-6-4-8-19(23)12-17)20(28)27(21(24)25-22)14-15-9-10-26(13-15)31(2,29)30/h3-8,11-12,15H,9-10,13-14H2,1-2H3,(H2,24,25)/t15-,22?/m1/s1. The summed E-state index contributed by atoms with van der Waals surface area (Å²) >= 11 is 6.13. The number of hydrogen-bond acceptors (Lipinski definition) is 5. The molecule has 1 fully saturated rings. The molecule has 0 saturated carbocycles. The van der Waals surface area contributed by atoms with Crippen LogP contribution in [0.2, 0.25) is 5.02 Å². The number of hydrogen-bond donors (Lipinski definition) is 1. The number of halogens is 1. The van der Waals surface area contributed by atoms with E-state index in [1.54, 1.807) is 6.92 Å². The van der Waals surface area contributed by atoms with Gasteiger partial charge in [0.15, 0.2) is 11.5 Å². The summed E-state index contributed by atoms with van der Waals surface area (Å²) in [7, 11) is -3.24. The zero-order valence-corrected chi connectivity index (χ0v) is 19.0. The average Bonchev–Trinajstić information content (AvgIpc) is 3.28. The molecule has 164 valence electrons. The van der Waals surface area contributed by atoms with Crippen molar-refractivity contribution >= 4 is 33.5 Å². The highest BCUT2D eigenvalue weighted by Crippen LogP contribution is 2.36. The van der Waals surface area contributed by atoms with Crippen molar-refractivity contribution in [2.75, 3.05) is 25.9 Å². The van der Waals surface area contributed by atoms with E-state index in [0.717, 1.165) is 16.7 Å². The van der Waals surface area contributed by atoms with Gasteiger partial charge in [0.1, 0.15) is 0 Å². The van der Waals surface area contributed by atoms with E-state index in [4.69, 9.17) is 17.3 Å². The predicted molar refractivity (Wildman–Crippen MR) is 122 cm³/mol. The van der Waals surface area contributed by atoms with Gasteiger partial charge in [0.25, 0.3) is 5.91 Å². The monoisotopic (exact) mass is 460 g/mol. The highest BCUT2D eigenvalue weighted by molar-refractivity contribution is 7.88. The van der Waals surface area contributed by atoms with E-state index in [-0.39, 0.29) is 17.8 Å². The minimum atomic E-state index is -3.24. The largest absolute Gasteiger partial charge is 0.369 e. The number of carbonyl (C=O) groups excluding carboxylic acids is 1. The second-order valence-electron chi connectivity index (χ2n) is 8.32. The number of carbonyl (C=O) groups is 1. The maximum atomic E-state index is 13.4. The number of nitrogens with zero attached hydrogens (tertiary/aromatic N) is 3. The number of nitrogens with two attached hydrogens (primary N) is 1. The van der Waals surface area contributed by atoms with Gasteiger partial charge in [-0.2, -0.15) is 0 Å². The minimum absolute atomic E-state index is 0.0209. The number of sulfonamides is 1. The van der Waals surface area contributed by atoms with Crippen molar-refractivity contribution in [3.05, 3.63) is 59.1 Å². The molecule has 9 heteroatoms. The van der Waals surface area contributed by atoms with E-state index in [1.807, 2.05) is 48.5 Å². The molecule has 2 heterocycles. The van der Waals surface area contributed by atoms with Crippen molar-refractivity contribution < 1.29 is 13.2 Å². The third kappa shape index (κ3) is 4.20. The summed E-state index contributed by atoms with van der Waals surface area (Å²) in [4.78, 5) is 19.4. The highest BCUT2D eigenvalue weighted by atomic mass is 35.5. The van der Waals surface area contributed by atoms with Crippen LogP contribution in [0.1, 0.15) is 18.9 Å².